The highest BCUT2D eigenvalue weighted by Gasteiger charge is 2.36. The van der Waals surface area contributed by atoms with Gasteiger partial charge in [0, 0.05) is 62.7 Å². The number of amides is 2. The molecule has 3 aromatic rings. The number of carbonyl (C=O) groups is 2. The number of aromatic nitrogens is 1. The second kappa shape index (κ2) is 8.36. The average molecular weight is 466 g/mol. The maximum Gasteiger partial charge on any atom is 0.258 e. The third-order valence-corrected chi connectivity index (χ3v) is 7.16. The molecule has 3 aliphatic heterocycles. The van der Waals surface area contributed by atoms with Crippen molar-refractivity contribution in [3.05, 3.63) is 88.6 Å². The van der Waals surface area contributed by atoms with Crippen LogP contribution in [-0.2, 0) is 6.54 Å². The molecule has 3 aliphatic rings. The molecular formula is C28H27N5O2. The lowest BCUT2D eigenvalue weighted by Gasteiger charge is -2.32. The van der Waals surface area contributed by atoms with Crippen molar-refractivity contribution >= 4 is 35.1 Å². The molecule has 7 heteroatoms. The molecule has 0 unspecified atom stereocenters. The highest BCUT2D eigenvalue weighted by atomic mass is 16.2. The molecule has 7 nitrogen and oxygen atoms in total. The number of anilines is 2. The van der Waals surface area contributed by atoms with Crippen LogP contribution in [0.5, 0.6) is 0 Å². The smallest absolute Gasteiger partial charge is 0.258 e. The van der Waals surface area contributed by atoms with Crippen LogP contribution in [0, 0.1) is 0 Å². The summed E-state index contributed by atoms with van der Waals surface area (Å²) in [5.41, 5.74) is 6.14. The topological polar surface area (TPSA) is 60.0 Å². The number of hydrogen-bond acceptors (Lipinski definition) is 5. The Labute approximate surface area is 204 Å². The van der Waals surface area contributed by atoms with Crippen molar-refractivity contribution in [3.8, 4) is 0 Å². The molecule has 0 N–H and O–H groups in total. The van der Waals surface area contributed by atoms with Gasteiger partial charge in [0.1, 0.15) is 5.82 Å². The first-order valence-corrected chi connectivity index (χ1v) is 11.9. The van der Waals surface area contributed by atoms with E-state index in [4.69, 9.17) is 4.98 Å². The van der Waals surface area contributed by atoms with Gasteiger partial charge in [0.25, 0.3) is 11.8 Å². The molecule has 0 aliphatic carbocycles. The molecule has 0 radical (unpaired) electrons. The minimum absolute atomic E-state index is 0.000149. The van der Waals surface area contributed by atoms with Gasteiger partial charge in [0.15, 0.2) is 0 Å². The Bertz CT molecular complexity index is 1370. The van der Waals surface area contributed by atoms with E-state index in [1.54, 1.807) is 11.1 Å². The molecule has 2 aromatic carbocycles. The van der Waals surface area contributed by atoms with Crippen LogP contribution in [0.3, 0.4) is 0 Å². The lowest BCUT2D eigenvalue weighted by molar-refractivity contribution is 0.0663. The summed E-state index contributed by atoms with van der Waals surface area (Å²) in [5.74, 6) is 0.908. The summed E-state index contributed by atoms with van der Waals surface area (Å²) in [6.45, 7) is 3.81. The molecule has 0 spiro atoms. The number of pyridine rings is 1. The number of nitrogens with zero attached hydrogens (tertiary/aromatic N) is 5. The molecule has 4 heterocycles. The van der Waals surface area contributed by atoms with E-state index in [0.717, 1.165) is 60.1 Å². The third-order valence-electron chi connectivity index (χ3n) is 7.16. The largest absolute Gasteiger partial charge is 0.336 e. The lowest BCUT2D eigenvalue weighted by atomic mass is 10.0. The second-order valence-corrected chi connectivity index (χ2v) is 9.39. The molecule has 0 bridgehead atoms. The van der Waals surface area contributed by atoms with Crippen molar-refractivity contribution in [2.24, 2.45) is 0 Å². The van der Waals surface area contributed by atoms with E-state index >= 15 is 0 Å². The standard InChI is InChI=1S/C28H27N5O2/c1-30-12-14-32(15-13-30)27(34)21-7-3-6-19(16-21)18-33-23-10-4-9-22-25(23)24(31(2)28(22)35)17-20-8-5-11-29-26(20)33/h3-11,16-17H,12-15,18H2,1-2H3. The number of rotatable bonds is 3. The van der Waals surface area contributed by atoms with Crippen LogP contribution in [0.15, 0.2) is 60.8 Å². The van der Waals surface area contributed by atoms with Crippen molar-refractivity contribution < 1.29 is 9.59 Å². The maximum absolute atomic E-state index is 13.2. The van der Waals surface area contributed by atoms with Gasteiger partial charge in [-0.2, -0.15) is 0 Å². The van der Waals surface area contributed by atoms with Gasteiger partial charge in [-0.1, -0.05) is 18.2 Å². The summed E-state index contributed by atoms with van der Waals surface area (Å²) in [4.78, 5) is 38.9. The number of fused-ring (bicyclic) bond motifs is 1. The first kappa shape index (κ1) is 21.6. The van der Waals surface area contributed by atoms with Gasteiger partial charge in [-0.15, -0.1) is 0 Å². The van der Waals surface area contributed by atoms with Gasteiger partial charge >= 0.3 is 0 Å². The Balaban J connectivity index is 1.39. The van der Waals surface area contributed by atoms with Gasteiger partial charge in [0.2, 0.25) is 0 Å². The number of carbonyl (C=O) groups excluding carboxylic acids is 2. The summed E-state index contributed by atoms with van der Waals surface area (Å²) in [5, 5.41) is 0. The zero-order valence-electron chi connectivity index (χ0n) is 19.9. The Kier molecular flexibility index (Phi) is 5.15. The summed E-state index contributed by atoms with van der Waals surface area (Å²) in [6.07, 6.45) is 3.84. The van der Waals surface area contributed by atoms with E-state index in [0.29, 0.717) is 17.7 Å². The normalized spacial score (nSPS) is 17.1. The summed E-state index contributed by atoms with van der Waals surface area (Å²) in [6, 6.07) is 17.7. The third kappa shape index (κ3) is 3.59. The Morgan fingerprint density at radius 3 is 2.60 bits per heavy atom. The molecular weight excluding hydrogens is 438 g/mol. The molecule has 2 amide bonds. The summed E-state index contributed by atoms with van der Waals surface area (Å²) < 4.78 is 0. The zero-order chi connectivity index (χ0) is 24.1. The average Bonchev–Trinajstić information content (AvgIpc) is 3.04. The fraction of sp³-hybridized carbons (Fsp3) is 0.250. The first-order valence-electron chi connectivity index (χ1n) is 11.9. The fourth-order valence-corrected chi connectivity index (χ4v) is 5.19. The van der Waals surface area contributed by atoms with Crippen molar-refractivity contribution in [2.45, 2.75) is 6.54 Å². The number of hydrogen-bond donors (Lipinski definition) is 0. The molecule has 6 rings (SSSR count). The van der Waals surface area contributed by atoms with Crippen LogP contribution in [0.4, 0.5) is 11.5 Å². The monoisotopic (exact) mass is 465 g/mol. The van der Waals surface area contributed by atoms with E-state index in [2.05, 4.69) is 16.8 Å². The van der Waals surface area contributed by atoms with Gasteiger partial charge in [-0.25, -0.2) is 4.98 Å². The van der Waals surface area contributed by atoms with Crippen LogP contribution in [0.25, 0.3) is 11.8 Å². The van der Waals surface area contributed by atoms with Gasteiger partial charge < -0.3 is 19.6 Å². The minimum Gasteiger partial charge on any atom is -0.336 e. The molecule has 176 valence electrons. The predicted molar refractivity (Wildman–Crippen MR) is 136 cm³/mol. The van der Waals surface area contributed by atoms with Crippen LogP contribution in [0.1, 0.15) is 37.4 Å². The molecule has 0 saturated carbocycles. The maximum atomic E-state index is 13.2. The van der Waals surface area contributed by atoms with Gasteiger partial charge in [0.05, 0.1) is 16.9 Å². The number of piperazine rings is 1. The first-order chi connectivity index (χ1) is 17.0. The van der Waals surface area contributed by atoms with Crippen molar-refractivity contribution in [3.63, 3.8) is 0 Å². The SMILES string of the molecule is CN1CCN(C(=O)c2cccc(CN3c4cccc5c4C(=Cc4cccnc43)N(C)C5=O)c2)CC1. The summed E-state index contributed by atoms with van der Waals surface area (Å²) >= 11 is 0. The molecule has 1 saturated heterocycles. The molecule has 0 atom stereocenters. The Hall–Kier alpha value is -3.97. The van der Waals surface area contributed by atoms with Crippen LogP contribution >= 0.6 is 0 Å². The van der Waals surface area contributed by atoms with Gasteiger partial charge in [-0.05, 0) is 55.1 Å². The van der Waals surface area contributed by atoms with E-state index in [9.17, 15) is 9.59 Å². The molecule has 35 heavy (non-hydrogen) atoms. The van der Waals surface area contributed by atoms with Crippen molar-refractivity contribution in [1.29, 1.82) is 0 Å². The second-order valence-electron chi connectivity index (χ2n) is 9.39. The van der Waals surface area contributed by atoms with E-state index in [1.807, 2.05) is 72.6 Å². The number of benzene rings is 2. The van der Waals surface area contributed by atoms with Gasteiger partial charge in [-0.3, -0.25) is 9.59 Å². The molecule has 1 aromatic heterocycles. The highest BCUT2D eigenvalue weighted by Crippen LogP contribution is 2.45. The highest BCUT2D eigenvalue weighted by molar-refractivity contribution is 6.15. The Morgan fingerprint density at radius 1 is 0.971 bits per heavy atom. The predicted octanol–water partition coefficient (Wildman–Crippen LogP) is 3.70. The van der Waals surface area contributed by atoms with Crippen LogP contribution in [0.2, 0.25) is 0 Å². The van der Waals surface area contributed by atoms with E-state index in [1.165, 1.54) is 0 Å². The minimum atomic E-state index is 0.000149. The van der Waals surface area contributed by atoms with Crippen LogP contribution in [-0.4, -0.2) is 71.8 Å². The fourth-order valence-electron chi connectivity index (χ4n) is 5.19. The van der Waals surface area contributed by atoms with E-state index in [-0.39, 0.29) is 11.8 Å². The summed E-state index contributed by atoms with van der Waals surface area (Å²) in [7, 11) is 3.90. The van der Waals surface area contributed by atoms with Crippen molar-refractivity contribution in [1.82, 2.24) is 19.7 Å². The van der Waals surface area contributed by atoms with Crippen LogP contribution < -0.4 is 4.90 Å². The molecule has 1 fully saturated rings. The zero-order valence-corrected chi connectivity index (χ0v) is 19.9. The quantitative estimate of drug-likeness (QED) is 0.590. The Morgan fingerprint density at radius 2 is 1.77 bits per heavy atom. The van der Waals surface area contributed by atoms with E-state index < -0.39 is 0 Å². The lowest BCUT2D eigenvalue weighted by Crippen LogP contribution is -2.47. The van der Waals surface area contributed by atoms with Crippen molar-refractivity contribution in [2.75, 3.05) is 45.2 Å². The number of likely N-dealkylation sites (N-methyl/N-ethyl adjacent to an activating group) is 1.